The average molecular weight is 370 g/mol. The van der Waals surface area contributed by atoms with E-state index in [1.54, 1.807) is 7.11 Å². The van der Waals surface area contributed by atoms with Gasteiger partial charge in [-0.2, -0.15) is 0 Å². The molecule has 0 saturated heterocycles. The van der Waals surface area contributed by atoms with Gasteiger partial charge in [-0.15, -0.1) is 0 Å². The van der Waals surface area contributed by atoms with Crippen LogP contribution in [-0.2, 0) is 6.54 Å². The number of anilines is 3. The second-order valence-corrected chi connectivity index (χ2v) is 6.56. The smallest absolute Gasteiger partial charge is 0.130 e. The third-order valence-electron chi connectivity index (χ3n) is 4.50. The van der Waals surface area contributed by atoms with Crippen LogP contribution in [0.3, 0.4) is 0 Å². The highest BCUT2D eigenvalue weighted by Gasteiger charge is 2.04. The van der Waals surface area contributed by atoms with Crippen LogP contribution in [0.1, 0.15) is 11.3 Å². The van der Waals surface area contributed by atoms with Gasteiger partial charge in [0.2, 0.25) is 0 Å². The lowest BCUT2D eigenvalue weighted by Crippen LogP contribution is -2.03. The van der Waals surface area contributed by atoms with E-state index in [2.05, 4.69) is 27.8 Å². The van der Waals surface area contributed by atoms with E-state index in [-0.39, 0.29) is 0 Å². The Labute approximate surface area is 164 Å². The van der Waals surface area contributed by atoms with Crippen LogP contribution in [0.5, 0.6) is 5.75 Å². The first-order chi connectivity index (χ1) is 13.7. The Morgan fingerprint density at radius 2 is 1.75 bits per heavy atom. The fourth-order valence-corrected chi connectivity index (χ4v) is 3.10. The topological polar surface area (TPSA) is 59.1 Å². The molecule has 4 aromatic rings. The Morgan fingerprint density at radius 1 is 0.857 bits per heavy atom. The van der Waals surface area contributed by atoms with Gasteiger partial charge < -0.3 is 15.4 Å². The highest BCUT2D eigenvalue weighted by molar-refractivity contribution is 5.84. The monoisotopic (exact) mass is 370 g/mol. The van der Waals surface area contributed by atoms with Gasteiger partial charge in [0.15, 0.2) is 0 Å². The summed E-state index contributed by atoms with van der Waals surface area (Å²) in [6, 6.07) is 24.1. The predicted octanol–water partition coefficient (Wildman–Crippen LogP) is 5.30. The maximum atomic E-state index is 5.40. The molecule has 140 valence electrons. The molecule has 0 aliphatic rings. The molecule has 5 heteroatoms. The van der Waals surface area contributed by atoms with Crippen molar-refractivity contribution in [3.63, 3.8) is 0 Å². The molecule has 0 amide bonds. The molecular formula is C23H22N4O. The molecule has 0 fully saturated rings. The second-order valence-electron chi connectivity index (χ2n) is 6.56. The number of rotatable bonds is 6. The number of fused-ring (bicyclic) bond motifs is 1. The molecule has 5 nitrogen and oxygen atoms in total. The molecule has 0 saturated carbocycles. The SMILES string of the molecule is COc1ccccc1CNc1ccc2cc(Nc3cccc(C)n3)ccc2n1. The standard InChI is InChI=1S/C23H22N4O/c1-16-6-5-9-23(25-16)26-19-11-12-20-17(14-19)10-13-22(27-20)24-15-18-7-3-4-8-21(18)28-2/h3-14H,15H2,1-2H3,(H,24,27)(H,25,26). The Kier molecular flexibility index (Phi) is 5.06. The largest absolute Gasteiger partial charge is 0.496 e. The molecule has 0 atom stereocenters. The van der Waals surface area contributed by atoms with Gasteiger partial charge in [-0.25, -0.2) is 9.97 Å². The predicted molar refractivity (Wildman–Crippen MR) is 114 cm³/mol. The molecule has 0 aliphatic heterocycles. The zero-order valence-corrected chi connectivity index (χ0v) is 15.9. The Bertz CT molecular complexity index is 1110. The van der Waals surface area contributed by atoms with Crippen LogP contribution >= 0.6 is 0 Å². The molecule has 2 N–H and O–H groups in total. The van der Waals surface area contributed by atoms with Crippen molar-refractivity contribution in [2.45, 2.75) is 13.5 Å². The van der Waals surface area contributed by atoms with Crippen LogP contribution in [0, 0.1) is 6.92 Å². The Hall–Kier alpha value is -3.60. The minimum absolute atomic E-state index is 0.654. The van der Waals surface area contributed by atoms with E-state index in [9.17, 15) is 0 Å². The number of pyridine rings is 2. The number of nitrogens with zero attached hydrogens (tertiary/aromatic N) is 2. The molecule has 0 bridgehead atoms. The van der Waals surface area contributed by atoms with Crippen molar-refractivity contribution >= 4 is 28.2 Å². The van der Waals surface area contributed by atoms with E-state index in [0.717, 1.165) is 45.2 Å². The van der Waals surface area contributed by atoms with Crippen LogP contribution in [0.2, 0.25) is 0 Å². The first-order valence-corrected chi connectivity index (χ1v) is 9.18. The molecule has 28 heavy (non-hydrogen) atoms. The first-order valence-electron chi connectivity index (χ1n) is 9.18. The normalized spacial score (nSPS) is 10.6. The molecular weight excluding hydrogens is 348 g/mol. The van der Waals surface area contributed by atoms with Crippen LogP contribution < -0.4 is 15.4 Å². The zero-order chi connectivity index (χ0) is 19.3. The van der Waals surface area contributed by atoms with Crippen molar-refractivity contribution in [3.05, 3.63) is 84.1 Å². The van der Waals surface area contributed by atoms with Crippen molar-refractivity contribution < 1.29 is 4.74 Å². The Morgan fingerprint density at radius 3 is 2.61 bits per heavy atom. The number of aromatic nitrogens is 2. The minimum atomic E-state index is 0.654. The van der Waals surface area contributed by atoms with E-state index in [0.29, 0.717) is 6.54 Å². The lowest BCUT2D eigenvalue weighted by molar-refractivity contribution is 0.410. The fourth-order valence-electron chi connectivity index (χ4n) is 3.10. The highest BCUT2D eigenvalue weighted by Crippen LogP contribution is 2.23. The number of aryl methyl sites for hydroxylation is 1. The van der Waals surface area contributed by atoms with Crippen molar-refractivity contribution in [2.24, 2.45) is 0 Å². The van der Waals surface area contributed by atoms with Crippen LogP contribution in [0.15, 0.2) is 72.8 Å². The lowest BCUT2D eigenvalue weighted by Gasteiger charge is -2.11. The number of para-hydroxylation sites is 1. The van der Waals surface area contributed by atoms with Crippen molar-refractivity contribution in [1.82, 2.24) is 9.97 Å². The summed E-state index contributed by atoms with van der Waals surface area (Å²) in [6.45, 7) is 2.64. The van der Waals surface area contributed by atoms with Crippen molar-refractivity contribution in [1.29, 1.82) is 0 Å². The zero-order valence-electron chi connectivity index (χ0n) is 15.9. The van der Waals surface area contributed by atoms with Crippen LogP contribution in [-0.4, -0.2) is 17.1 Å². The first kappa shape index (κ1) is 17.8. The molecule has 0 spiro atoms. The number of ether oxygens (including phenoxy) is 1. The van der Waals surface area contributed by atoms with Crippen molar-refractivity contribution in [2.75, 3.05) is 17.7 Å². The van der Waals surface area contributed by atoms with Crippen LogP contribution in [0.25, 0.3) is 10.9 Å². The van der Waals surface area contributed by atoms with Crippen LogP contribution in [0.4, 0.5) is 17.3 Å². The molecule has 2 aromatic heterocycles. The number of hydrogen-bond acceptors (Lipinski definition) is 5. The maximum Gasteiger partial charge on any atom is 0.130 e. The second kappa shape index (κ2) is 7.96. The number of nitrogens with one attached hydrogen (secondary N) is 2. The van der Waals surface area contributed by atoms with Crippen molar-refractivity contribution in [3.8, 4) is 5.75 Å². The maximum absolute atomic E-state index is 5.40. The number of methoxy groups -OCH3 is 1. The van der Waals surface area contributed by atoms with Gasteiger partial charge in [-0.3, -0.25) is 0 Å². The van der Waals surface area contributed by atoms with Gasteiger partial charge in [-0.05, 0) is 55.5 Å². The summed E-state index contributed by atoms with van der Waals surface area (Å²) in [5.41, 5.74) is 4.00. The summed E-state index contributed by atoms with van der Waals surface area (Å²) in [5, 5.41) is 7.78. The van der Waals surface area contributed by atoms with Gasteiger partial charge in [-0.1, -0.05) is 24.3 Å². The van der Waals surface area contributed by atoms with E-state index >= 15 is 0 Å². The molecule has 0 aliphatic carbocycles. The molecule has 0 unspecified atom stereocenters. The molecule has 0 radical (unpaired) electrons. The highest BCUT2D eigenvalue weighted by atomic mass is 16.5. The van der Waals surface area contributed by atoms with Gasteiger partial charge in [0.25, 0.3) is 0 Å². The van der Waals surface area contributed by atoms with E-state index < -0.39 is 0 Å². The molecule has 4 rings (SSSR count). The number of hydrogen-bond donors (Lipinski definition) is 2. The summed E-state index contributed by atoms with van der Waals surface area (Å²) in [6.07, 6.45) is 0. The lowest BCUT2D eigenvalue weighted by atomic mass is 10.2. The fraction of sp³-hybridized carbons (Fsp3) is 0.130. The summed E-state index contributed by atoms with van der Waals surface area (Å²) in [5.74, 6) is 2.54. The summed E-state index contributed by atoms with van der Waals surface area (Å²) in [7, 11) is 1.69. The van der Waals surface area contributed by atoms with Gasteiger partial charge in [0.05, 0.1) is 12.6 Å². The van der Waals surface area contributed by atoms with Gasteiger partial charge in [0, 0.05) is 28.9 Å². The number of benzene rings is 2. The summed E-state index contributed by atoms with van der Waals surface area (Å²) < 4.78 is 5.40. The minimum Gasteiger partial charge on any atom is -0.496 e. The quantitative estimate of drug-likeness (QED) is 0.482. The van der Waals surface area contributed by atoms with E-state index in [1.165, 1.54) is 0 Å². The van der Waals surface area contributed by atoms with E-state index in [4.69, 9.17) is 9.72 Å². The molecule has 2 aromatic carbocycles. The van der Waals surface area contributed by atoms with E-state index in [1.807, 2.05) is 67.6 Å². The summed E-state index contributed by atoms with van der Waals surface area (Å²) in [4.78, 5) is 9.20. The third kappa shape index (κ3) is 4.04. The third-order valence-corrected chi connectivity index (χ3v) is 4.50. The van der Waals surface area contributed by atoms with Gasteiger partial charge >= 0.3 is 0 Å². The average Bonchev–Trinajstić information content (AvgIpc) is 2.72. The molecule has 2 heterocycles. The van der Waals surface area contributed by atoms with Gasteiger partial charge in [0.1, 0.15) is 17.4 Å². The Balaban J connectivity index is 1.50. The summed E-state index contributed by atoms with van der Waals surface area (Å²) >= 11 is 0.